The zero-order valence-electron chi connectivity index (χ0n) is 84.4. The van der Waals surface area contributed by atoms with Crippen molar-refractivity contribution in [3.63, 3.8) is 0 Å². The molecule has 0 unspecified atom stereocenters. The van der Waals surface area contributed by atoms with Crippen LogP contribution < -0.4 is 14.7 Å². The minimum Gasteiger partial charge on any atom is -0.310 e. The van der Waals surface area contributed by atoms with Crippen molar-refractivity contribution in [2.24, 2.45) is 0 Å². The molecular formula is C141H110N6. The Hall–Kier alpha value is -17.6. The number of hydrogen-bond acceptors (Lipinski definition) is 3. The van der Waals surface area contributed by atoms with Crippen LogP contribution >= 0.6 is 0 Å². The van der Waals surface area contributed by atoms with Gasteiger partial charge in [0.25, 0.3) is 0 Å². The molecule has 147 heavy (non-hydrogen) atoms. The van der Waals surface area contributed by atoms with Crippen LogP contribution in [0.3, 0.4) is 0 Å². The fourth-order valence-electron chi connectivity index (χ4n) is 25.8. The Labute approximate surface area is 859 Å². The lowest BCUT2D eigenvalue weighted by Crippen LogP contribution is -2.17. The summed E-state index contributed by atoms with van der Waals surface area (Å²) < 4.78 is 7.16. The van der Waals surface area contributed by atoms with E-state index in [2.05, 4.69) is 583 Å². The van der Waals surface area contributed by atoms with Gasteiger partial charge in [0.2, 0.25) is 0 Å². The summed E-state index contributed by atoms with van der Waals surface area (Å²) in [6, 6.07) is 179. The summed E-state index contributed by atoms with van der Waals surface area (Å²) in [6.07, 6.45) is 0. The van der Waals surface area contributed by atoms with Crippen molar-refractivity contribution in [2.75, 3.05) is 14.7 Å². The van der Waals surface area contributed by atoms with Crippen molar-refractivity contribution in [1.29, 1.82) is 0 Å². The van der Waals surface area contributed by atoms with E-state index >= 15 is 0 Å². The van der Waals surface area contributed by atoms with E-state index in [0.29, 0.717) is 0 Å². The molecule has 21 aromatic carbocycles. The van der Waals surface area contributed by atoms with Gasteiger partial charge >= 0.3 is 0 Å². The van der Waals surface area contributed by atoms with Gasteiger partial charge in [-0.05, 0) is 304 Å². The number of hydrogen-bond donors (Lipinski definition) is 0. The summed E-state index contributed by atoms with van der Waals surface area (Å²) in [7, 11) is 0. The Bertz CT molecular complexity index is 9340. The third-order valence-corrected chi connectivity index (χ3v) is 33.1. The molecule has 0 fully saturated rings. The van der Waals surface area contributed by atoms with Gasteiger partial charge < -0.3 is 28.4 Å². The predicted octanol–water partition coefficient (Wildman–Crippen LogP) is 38.0. The zero-order chi connectivity index (χ0) is 99.1. The second-order valence-electron chi connectivity index (χ2n) is 43.1. The highest BCUT2D eigenvalue weighted by molar-refractivity contribution is 6.14. The molecule has 0 atom stereocenters. The van der Waals surface area contributed by atoms with Gasteiger partial charge in [-0.25, -0.2) is 0 Å². The van der Waals surface area contributed by atoms with E-state index in [0.717, 1.165) is 45.5 Å². The maximum absolute atomic E-state index is 2.47. The monoisotopic (exact) mass is 1890 g/mol. The molecule has 0 bridgehead atoms. The summed E-state index contributed by atoms with van der Waals surface area (Å²) in [5, 5.41) is 7.48. The second-order valence-corrected chi connectivity index (χ2v) is 43.1. The summed E-state index contributed by atoms with van der Waals surface area (Å²) in [5.74, 6) is 0. The molecule has 0 N–H and O–H groups in total. The highest BCUT2D eigenvalue weighted by Gasteiger charge is 2.43. The molecule has 3 aromatic heterocycles. The van der Waals surface area contributed by atoms with Crippen molar-refractivity contribution in [2.45, 2.75) is 96.3 Å². The molecule has 0 saturated carbocycles. The van der Waals surface area contributed by atoms with Crippen molar-refractivity contribution < 1.29 is 0 Å². The van der Waals surface area contributed by atoms with E-state index in [4.69, 9.17) is 0 Å². The Balaban J connectivity index is 0.000000109. The van der Waals surface area contributed by atoms with Crippen molar-refractivity contribution >= 4 is 117 Å². The van der Waals surface area contributed by atoms with Gasteiger partial charge in [0.15, 0.2) is 0 Å². The summed E-state index contributed by atoms with van der Waals surface area (Å²) in [6.45, 7) is 23.6. The summed E-state index contributed by atoms with van der Waals surface area (Å²) in [4.78, 5) is 7.36. The quantitative estimate of drug-likeness (QED) is 0.115. The predicted molar refractivity (Wildman–Crippen MR) is 620 cm³/mol. The average molecular weight is 1890 g/mol. The van der Waals surface area contributed by atoms with Crippen LogP contribution in [0, 0.1) is 0 Å². The first-order chi connectivity index (χ1) is 71.7. The molecule has 6 nitrogen and oxygen atoms in total. The minimum atomic E-state index is -0.0957. The van der Waals surface area contributed by atoms with Crippen LogP contribution in [0.5, 0.6) is 0 Å². The lowest BCUT2D eigenvalue weighted by molar-refractivity contribution is 0.660. The number of benzene rings is 21. The maximum atomic E-state index is 2.47. The first kappa shape index (κ1) is 88.4. The third-order valence-electron chi connectivity index (χ3n) is 33.1. The Morgan fingerprint density at radius 3 is 0.660 bits per heavy atom. The SMILES string of the molecule is CC1(C)c2ccccc2-c2cc(N(c3ccc4c(c3)-c3ccccc3C4(C)C)c3ccc4c(c3)c3ccccc3n4-c3ccccc3)ccc21.CC1(C)c2ccccc2-c2cc(N(c3ccc4c(c3)C(C)(C)c3ccccc3-4)c3ccc4c(c3)c3ccccc3n4-c3ccccc3)ccc21.CC1(C)c2ccccc2-c2ccc(N(c3ccc(-c4ccccc4)cc3)c3ccc4c(c3)c3ccccc3n4-c3ccccc3)cc21. The molecule has 29 rings (SSSR count). The number of rotatable bonds is 13. The molecule has 5 aliphatic rings. The van der Waals surface area contributed by atoms with E-state index in [1.807, 2.05) is 0 Å². The number of fused-ring (bicyclic) bond motifs is 24. The molecule has 0 spiro atoms. The van der Waals surface area contributed by atoms with E-state index in [-0.39, 0.29) is 27.1 Å². The summed E-state index contributed by atoms with van der Waals surface area (Å²) >= 11 is 0. The lowest BCUT2D eigenvalue weighted by atomic mass is 9.82. The van der Waals surface area contributed by atoms with Crippen LogP contribution in [-0.4, -0.2) is 13.7 Å². The first-order valence-electron chi connectivity index (χ1n) is 51.8. The first-order valence-corrected chi connectivity index (χ1v) is 51.8. The van der Waals surface area contributed by atoms with Gasteiger partial charge in [0.05, 0.1) is 33.1 Å². The van der Waals surface area contributed by atoms with Crippen LogP contribution in [-0.2, 0) is 27.1 Å². The second kappa shape index (κ2) is 33.8. The van der Waals surface area contributed by atoms with Crippen LogP contribution in [0.2, 0.25) is 0 Å². The van der Waals surface area contributed by atoms with Crippen LogP contribution in [0.4, 0.5) is 51.2 Å². The van der Waals surface area contributed by atoms with Crippen molar-refractivity contribution in [1.82, 2.24) is 13.7 Å². The van der Waals surface area contributed by atoms with Gasteiger partial charge in [0.1, 0.15) is 0 Å². The fourth-order valence-corrected chi connectivity index (χ4v) is 25.8. The normalized spacial score (nSPS) is 14.2. The molecule has 6 heteroatoms. The molecule has 0 amide bonds. The fraction of sp³-hybridized carbons (Fsp3) is 0.106. The van der Waals surface area contributed by atoms with E-state index in [9.17, 15) is 0 Å². The standard InChI is InChI=1S/2C48H38N2.C45H34N2/c1-47(2)42-20-12-9-17-36(42)39-28-32(23-26-43(39)47)49(34-22-25-37-35-16-8-11-19-41(35)48(3,4)44(37)30-34)33-24-27-46-40(29-33)38-18-10-13-21-45(38)50(46)31-14-6-5-7-15-31;1-47(2)41-19-11-8-16-35(41)38-28-32(22-25-43(38)47)49(33-23-26-44-39(29-33)36-17-9-12-20-42(36)48(44,3)4)34-24-27-46-40(30-34)37-18-10-13-21-45(37)50(46)31-14-6-5-7-15-31;1-45(2)41-19-11-9-17-37(41)38-27-25-36(30-42(38)45)46(34-23-21-32(22-24-34)31-13-5-3-6-14-31)35-26-28-44-40(29-35)39-18-10-12-20-43(39)47(44)33-15-7-4-8-16-33/h2*5-30H,1-4H3;3-30H,1-2H3. The number of aromatic nitrogens is 3. The molecule has 5 aliphatic carbocycles. The van der Waals surface area contributed by atoms with Gasteiger partial charge in [-0.2, -0.15) is 0 Å². The molecule has 0 radical (unpaired) electrons. The van der Waals surface area contributed by atoms with Crippen molar-refractivity contribution in [3.8, 4) is 83.8 Å². The molecule has 0 aliphatic heterocycles. The third kappa shape index (κ3) is 13.9. The number of nitrogens with zero attached hydrogens (tertiary/aromatic N) is 6. The van der Waals surface area contributed by atoms with E-state index in [1.54, 1.807) is 0 Å². The highest BCUT2D eigenvalue weighted by atomic mass is 15.2. The highest BCUT2D eigenvalue weighted by Crippen LogP contribution is 2.59. The van der Waals surface area contributed by atoms with Crippen molar-refractivity contribution in [3.05, 3.63) is 541 Å². The van der Waals surface area contributed by atoms with Gasteiger partial charge in [-0.3, -0.25) is 0 Å². The molecule has 3 heterocycles. The smallest absolute Gasteiger partial charge is 0.0542 e. The van der Waals surface area contributed by atoms with E-state index < -0.39 is 0 Å². The number of anilines is 9. The van der Waals surface area contributed by atoms with Gasteiger partial charge in [-0.1, -0.05) is 373 Å². The molecule has 24 aromatic rings. The van der Waals surface area contributed by atoms with Gasteiger partial charge in [0, 0.05) is 128 Å². The zero-order valence-corrected chi connectivity index (χ0v) is 84.4. The van der Waals surface area contributed by atoms with Crippen LogP contribution in [0.15, 0.2) is 485 Å². The largest absolute Gasteiger partial charge is 0.310 e. The lowest BCUT2D eigenvalue weighted by Gasteiger charge is -2.29. The topological polar surface area (TPSA) is 24.5 Å². The van der Waals surface area contributed by atoms with Crippen LogP contribution in [0.1, 0.15) is 125 Å². The average Bonchev–Trinajstić information content (AvgIpc) is 1.57. The maximum Gasteiger partial charge on any atom is 0.0542 e. The molecule has 704 valence electrons. The molecular weight excluding hydrogens is 1780 g/mol. The summed E-state index contributed by atoms with van der Waals surface area (Å²) in [5.41, 5.74) is 50.4. The number of para-hydroxylation sites is 6. The Kier molecular flexibility index (Phi) is 20.3. The van der Waals surface area contributed by atoms with Gasteiger partial charge in [-0.15, -0.1) is 0 Å². The van der Waals surface area contributed by atoms with E-state index in [1.165, 1.54) is 211 Å². The Morgan fingerprint density at radius 2 is 0.340 bits per heavy atom. The minimum absolute atomic E-state index is 0.0448. The Morgan fingerprint density at radius 1 is 0.136 bits per heavy atom. The molecule has 0 saturated heterocycles. The van der Waals surface area contributed by atoms with Crippen LogP contribution in [0.25, 0.3) is 149 Å².